The maximum absolute atomic E-state index is 12.3. The number of hydrogen-bond acceptors (Lipinski definition) is 2. The molecule has 94 valence electrons. The maximum Gasteiger partial charge on any atom is 0.189 e. The molecule has 2 heteroatoms. The fourth-order valence-electron chi connectivity index (χ4n) is 2.47. The third-order valence-corrected chi connectivity index (χ3v) is 3.57. The lowest BCUT2D eigenvalue weighted by Gasteiger charge is -2.00. The quantitative estimate of drug-likeness (QED) is 0.786. The van der Waals surface area contributed by atoms with Crippen molar-refractivity contribution in [2.45, 2.75) is 13.3 Å². The second-order valence-electron chi connectivity index (χ2n) is 4.84. The second-order valence-corrected chi connectivity index (χ2v) is 4.84. The van der Waals surface area contributed by atoms with Gasteiger partial charge >= 0.3 is 0 Å². The van der Waals surface area contributed by atoms with Gasteiger partial charge < -0.3 is 5.11 Å². The highest BCUT2D eigenvalue weighted by Gasteiger charge is 2.26. The van der Waals surface area contributed by atoms with Crippen molar-refractivity contribution in [2.75, 3.05) is 0 Å². The molecule has 0 amide bonds. The minimum Gasteiger partial charge on any atom is -0.508 e. The molecule has 2 aromatic carbocycles. The van der Waals surface area contributed by atoms with Crippen molar-refractivity contribution in [3.8, 4) is 5.75 Å². The SMILES string of the molecule is Cc1ccccc1C=C1Cc2c(O)cccc2C1=O. The number of allylic oxidation sites excluding steroid dienone is 1. The van der Waals surface area contributed by atoms with Crippen LogP contribution in [0, 0.1) is 6.92 Å². The molecule has 0 spiro atoms. The molecule has 19 heavy (non-hydrogen) atoms. The van der Waals surface area contributed by atoms with Crippen LogP contribution in [0.2, 0.25) is 0 Å². The van der Waals surface area contributed by atoms with Gasteiger partial charge in [-0.25, -0.2) is 0 Å². The van der Waals surface area contributed by atoms with Crippen LogP contribution < -0.4 is 0 Å². The number of rotatable bonds is 1. The van der Waals surface area contributed by atoms with Gasteiger partial charge in [-0.1, -0.05) is 36.4 Å². The van der Waals surface area contributed by atoms with E-state index in [0.717, 1.165) is 22.3 Å². The van der Waals surface area contributed by atoms with Crippen LogP contribution in [-0.2, 0) is 6.42 Å². The summed E-state index contributed by atoms with van der Waals surface area (Å²) in [6, 6.07) is 13.1. The fourth-order valence-corrected chi connectivity index (χ4v) is 2.47. The Balaban J connectivity index is 2.05. The van der Waals surface area contributed by atoms with Crippen molar-refractivity contribution >= 4 is 11.9 Å². The Kier molecular flexibility index (Phi) is 2.71. The Labute approximate surface area is 112 Å². The standard InChI is InChI=1S/C17H14O2/c1-11-5-2-3-6-12(11)9-13-10-15-14(17(13)19)7-4-8-16(15)18/h2-9,18H,10H2,1H3. The zero-order chi connectivity index (χ0) is 13.4. The summed E-state index contributed by atoms with van der Waals surface area (Å²) in [6.07, 6.45) is 2.44. The van der Waals surface area contributed by atoms with Gasteiger partial charge in [0.25, 0.3) is 0 Å². The Morgan fingerprint density at radius 1 is 1.11 bits per heavy atom. The summed E-state index contributed by atoms with van der Waals surface area (Å²) in [6.45, 7) is 2.02. The van der Waals surface area contributed by atoms with Crippen LogP contribution in [0.3, 0.4) is 0 Å². The third kappa shape index (κ3) is 1.95. The van der Waals surface area contributed by atoms with E-state index in [2.05, 4.69) is 0 Å². The lowest BCUT2D eigenvalue weighted by molar-refractivity contribution is 0.104. The summed E-state index contributed by atoms with van der Waals surface area (Å²) in [5.41, 5.74) is 4.30. The predicted molar refractivity (Wildman–Crippen MR) is 75.3 cm³/mol. The summed E-state index contributed by atoms with van der Waals surface area (Å²) in [4.78, 5) is 12.3. The van der Waals surface area contributed by atoms with Gasteiger partial charge in [0.2, 0.25) is 0 Å². The van der Waals surface area contributed by atoms with Gasteiger partial charge in [-0.15, -0.1) is 0 Å². The van der Waals surface area contributed by atoms with E-state index in [4.69, 9.17) is 0 Å². The molecule has 0 saturated heterocycles. The van der Waals surface area contributed by atoms with Gasteiger partial charge in [0.05, 0.1) is 0 Å². The first-order valence-electron chi connectivity index (χ1n) is 6.28. The summed E-state index contributed by atoms with van der Waals surface area (Å²) >= 11 is 0. The lowest BCUT2D eigenvalue weighted by atomic mass is 10.0. The second kappa shape index (κ2) is 4.39. The first-order chi connectivity index (χ1) is 9.16. The first kappa shape index (κ1) is 11.7. The van der Waals surface area contributed by atoms with Crippen molar-refractivity contribution in [3.05, 3.63) is 70.3 Å². The number of ketones is 1. The molecule has 0 saturated carbocycles. The molecule has 1 aliphatic carbocycles. The van der Waals surface area contributed by atoms with E-state index in [-0.39, 0.29) is 11.5 Å². The molecule has 0 radical (unpaired) electrons. The number of aromatic hydroxyl groups is 1. The van der Waals surface area contributed by atoms with E-state index in [1.54, 1.807) is 18.2 Å². The Morgan fingerprint density at radius 2 is 1.89 bits per heavy atom. The van der Waals surface area contributed by atoms with Crippen molar-refractivity contribution in [1.82, 2.24) is 0 Å². The van der Waals surface area contributed by atoms with Crippen molar-refractivity contribution < 1.29 is 9.90 Å². The molecule has 3 rings (SSSR count). The number of benzene rings is 2. The first-order valence-corrected chi connectivity index (χ1v) is 6.28. The molecule has 1 aliphatic rings. The van der Waals surface area contributed by atoms with Crippen LogP contribution in [0.4, 0.5) is 0 Å². The molecule has 0 unspecified atom stereocenters. The van der Waals surface area contributed by atoms with Crippen LogP contribution in [0.15, 0.2) is 48.0 Å². The maximum atomic E-state index is 12.3. The average molecular weight is 250 g/mol. The molecule has 0 heterocycles. The summed E-state index contributed by atoms with van der Waals surface area (Å²) < 4.78 is 0. The number of aryl methyl sites for hydroxylation is 1. The van der Waals surface area contributed by atoms with Crippen LogP contribution in [0.25, 0.3) is 6.08 Å². The zero-order valence-corrected chi connectivity index (χ0v) is 10.7. The topological polar surface area (TPSA) is 37.3 Å². The Hall–Kier alpha value is -2.35. The summed E-state index contributed by atoms with van der Waals surface area (Å²) in [5, 5.41) is 9.81. The van der Waals surface area contributed by atoms with Gasteiger partial charge in [-0.2, -0.15) is 0 Å². The van der Waals surface area contributed by atoms with Gasteiger partial charge in [0.15, 0.2) is 5.78 Å². The van der Waals surface area contributed by atoms with E-state index >= 15 is 0 Å². The number of hydrogen-bond donors (Lipinski definition) is 1. The van der Waals surface area contributed by atoms with Gasteiger partial charge in [-0.05, 0) is 30.2 Å². The van der Waals surface area contributed by atoms with E-state index in [0.29, 0.717) is 12.0 Å². The van der Waals surface area contributed by atoms with Crippen molar-refractivity contribution in [2.24, 2.45) is 0 Å². The van der Waals surface area contributed by atoms with E-state index < -0.39 is 0 Å². The number of fused-ring (bicyclic) bond motifs is 1. The van der Waals surface area contributed by atoms with Crippen LogP contribution >= 0.6 is 0 Å². The third-order valence-electron chi connectivity index (χ3n) is 3.57. The average Bonchev–Trinajstić information content (AvgIpc) is 2.72. The van der Waals surface area contributed by atoms with Crippen LogP contribution in [0.1, 0.15) is 27.0 Å². The zero-order valence-electron chi connectivity index (χ0n) is 10.7. The van der Waals surface area contributed by atoms with Crippen LogP contribution in [0.5, 0.6) is 5.75 Å². The normalized spacial score (nSPS) is 15.8. The van der Waals surface area contributed by atoms with Gasteiger partial charge in [0, 0.05) is 23.1 Å². The molecule has 1 N–H and O–H groups in total. The molecule has 2 nitrogen and oxygen atoms in total. The van der Waals surface area contributed by atoms with Gasteiger partial charge in [-0.3, -0.25) is 4.79 Å². The molecule has 0 atom stereocenters. The Morgan fingerprint density at radius 3 is 2.63 bits per heavy atom. The summed E-state index contributed by atoms with van der Waals surface area (Å²) in [5.74, 6) is 0.230. The number of Topliss-reactive ketones (excluding diaryl/α,β-unsaturated/α-hetero) is 1. The minimum atomic E-state index is 0.0224. The fraction of sp³-hybridized carbons (Fsp3) is 0.118. The molecule has 0 fully saturated rings. The van der Waals surface area contributed by atoms with Crippen molar-refractivity contribution in [1.29, 1.82) is 0 Å². The highest BCUT2D eigenvalue weighted by Crippen LogP contribution is 2.33. The van der Waals surface area contributed by atoms with Crippen molar-refractivity contribution in [3.63, 3.8) is 0 Å². The highest BCUT2D eigenvalue weighted by atomic mass is 16.3. The number of phenolic OH excluding ortho intramolecular Hbond substituents is 1. The van der Waals surface area contributed by atoms with Gasteiger partial charge in [0.1, 0.15) is 5.75 Å². The van der Waals surface area contributed by atoms with E-state index in [1.807, 2.05) is 37.3 Å². The molecule has 0 bridgehead atoms. The number of carbonyl (C=O) groups excluding carboxylic acids is 1. The lowest BCUT2D eigenvalue weighted by Crippen LogP contribution is -1.95. The molecular weight excluding hydrogens is 236 g/mol. The summed E-state index contributed by atoms with van der Waals surface area (Å²) in [7, 11) is 0. The molecular formula is C17H14O2. The smallest absolute Gasteiger partial charge is 0.189 e. The highest BCUT2D eigenvalue weighted by molar-refractivity contribution is 6.16. The molecule has 0 aliphatic heterocycles. The Bertz CT molecular complexity index is 696. The van der Waals surface area contributed by atoms with E-state index in [9.17, 15) is 9.90 Å². The largest absolute Gasteiger partial charge is 0.508 e. The van der Waals surface area contributed by atoms with E-state index in [1.165, 1.54) is 0 Å². The predicted octanol–water partition coefficient (Wildman–Crippen LogP) is 3.52. The monoisotopic (exact) mass is 250 g/mol. The van der Waals surface area contributed by atoms with Crippen LogP contribution in [-0.4, -0.2) is 10.9 Å². The number of phenols is 1. The minimum absolute atomic E-state index is 0.0224. The number of carbonyl (C=O) groups is 1. The molecule has 0 aromatic heterocycles. The molecule has 2 aromatic rings.